The van der Waals surface area contributed by atoms with Gasteiger partial charge in [0.2, 0.25) is 5.91 Å². The number of carbonyl (C=O) groups excluding carboxylic acids is 2. The van der Waals surface area contributed by atoms with Crippen LogP contribution in [-0.4, -0.2) is 50.0 Å². The Labute approximate surface area is 182 Å². The predicted molar refractivity (Wildman–Crippen MR) is 117 cm³/mol. The van der Waals surface area contributed by atoms with Gasteiger partial charge in [0.15, 0.2) is 0 Å². The fourth-order valence-corrected chi connectivity index (χ4v) is 6.05. The van der Waals surface area contributed by atoms with Gasteiger partial charge in [0, 0.05) is 15.7 Å². The third-order valence-corrected chi connectivity index (χ3v) is 7.39. The number of carbonyl (C=O) groups is 3. The van der Waals surface area contributed by atoms with E-state index in [-0.39, 0.29) is 5.91 Å². The van der Waals surface area contributed by atoms with Gasteiger partial charge in [-0.25, -0.2) is 4.79 Å². The quantitative estimate of drug-likeness (QED) is 0.609. The molecule has 2 amide bonds. The standard InChI is InChI=1S/C23H20N2O5S/c1-23(2)18(22(28)29)25-20(27)16(21(25)31-23)24-19(26)15-13-10-6-7-11-14(13)30-17(15)12-8-4-3-5-9-12/h3-11,16,18,21H,1-2H3,(H,24,26)(H,28,29). The molecule has 7 nitrogen and oxygen atoms in total. The van der Waals surface area contributed by atoms with E-state index in [9.17, 15) is 19.5 Å². The highest BCUT2D eigenvalue weighted by molar-refractivity contribution is 8.01. The van der Waals surface area contributed by atoms with Gasteiger partial charge in [-0.3, -0.25) is 9.59 Å². The van der Waals surface area contributed by atoms with Gasteiger partial charge in [-0.1, -0.05) is 48.5 Å². The zero-order chi connectivity index (χ0) is 21.9. The topological polar surface area (TPSA) is 99.9 Å². The first-order valence-corrected chi connectivity index (χ1v) is 10.8. The molecule has 2 aliphatic rings. The number of benzene rings is 2. The van der Waals surface area contributed by atoms with E-state index >= 15 is 0 Å². The van der Waals surface area contributed by atoms with Gasteiger partial charge in [-0.15, -0.1) is 11.8 Å². The molecule has 2 N–H and O–H groups in total. The van der Waals surface area contributed by atoms with Crippen LogP contribution in [0.1, 0.15) is 24.2 Å². The number of thioether (sulfide) groups is 1. The van der Waals surface area contributed by atoms with Crippen LogP contribution in [0.2, 0.25) is 0 Å². The van der Waals surface area contributed by atoms with Gasteiger partial charge in [-0.05, 0) is 19.9 Å². The molecule has 0 spiro atoms. The molecule has 2 aromatic carbocycles. The molecule has 3 heterocycles. The first-order valence-electron chi connectivity index (χ1n) is 9.90. The zero-order valence-corrected chi connectivity index (χ0v) is 17.7. The van der Waals surface area contributed by atoms with E-state index in [0.717, 1.165) is 5.56 Å². The summed E-state index contributed by atoms with van der Waals surface area (Å²) in [6.07, 6.45) is 0. The molecule has 0 bridgehead atoms. The van der Waals surface area contributed by atoms with Crippen LogP contribution in [0, 0.1) is 0 Å². The monoisotopic (exact) mass is 436 g/mol. The van der Waals surface area contributed by atoms with Crippen LogP contribution in [0.3, 0.4) is 0 Å². The average Bonchev–Trinajstić information content (AvgIpc) is 3.25. The summed E-state index contributed by atoms with van der Waals surface area (Å²) in [6.45, 7) is 3.61. The number of rotatable bonds is 4. The first kappa shape index (κ1) is 19.7. The number of nitrogens with zero attached hydrogens (tertiary/aromatic N) is 1. The number of nitrogens with one attached hydrogen (secondary N) is 1. The maximum atomic E-state index is 13.4. The van der Waals surface area contributed by atoms with Gasteiger partial charge in [-0.2, -0.15) is 0 Å². The van der Waals surface area contributed by atoms with Crippen LogP contribution in [0.15, 0.2) is 59.0 Å². The highest BCUT2D eigenvalue weighted by Crippen LogP contribution is 2.51. The van der Waals surface area contributed by atoms with Crippen molar-refractivity contribution in [2.45, 2.75) is 36.1 Å². The largest absolute Gasteiger partial charge is 0.480 e. The second-order valence-corrected chi connectivity index (χ2v) is 9.99. The second-order valence-electron chi connectivity index (χ2n) is 8.22. The Morgan fingerprint density at radius 3 is 2.48 bits per heavy atom. The number of β-lactam (4-membered cyclic amide) rings is 1. The maximum absolute atomic E-state index is 13.4. The maximum Gasteiger partial charge on any atom is 0.327 e. The van der Waals surface area contributed by atoms with Crippen LogP contribution < -0.4 is 5.32 Å². The third kappa shape index (κ3) is 2.93. The molecule has 3 aromatic rings. The van der Waals surface area contributed by atoms with Gasteiger partial charge in [0.1, 0.15) is 28.8 Å². The van der Waals surface area contributed by atoms with Crippen molar-refractivity contribution in [1.29, 1.82) is 0 Å². The van der Waals surface area contributed by atoms with Crippen molar-refractivity contribution < 1.29 is 23.9 Å². The minimum Gasteiger partial charge on any atom is -0.480 e. The SMILES string of the molecule is CC1(C)SC2C(NC(=O)c3c(-c4ccccc4)oc4ccccc34)C(=O)N2C1C(=O)O. The summed E-state index contributed by atoms with van der Waals surface area (Å²) in [7, 11) is 0. The lowest BCUT2D eigenvalue weighted by Gasteiger charge is -2.43. The summed E-state index contributed by atoms with van der Waals surface area (Å²) in [5.41, 5.74) is 1.70. The molecule has 1 aromatic heterocycles. The minimum atomic E-state index is -1.04. The van der Waals surface area contributed by atoms with E-state index in [1.807, 2.05) is 48.5 Å². The third-order valence-electron chi connectivity index (χ3n) is 5.82. The number of carboxylic acids is 1. The average molecular weight is 436 g/mol. The molecular weight excluding hydrogens is 416 g/mol. The predicted octanol–water partition coefficient (Wildman–Crippen LogP) is 3.35. The number of hydrogen-bond acceptors (Lipinski definition) is 5. The normalized spacial score (nSPS) is 24.0. The Morgan fingerprint density at radius 1 is 1.10 bits per heavy atom. The molecule has 31 heavy (non-hydrogen) atoms. The van der Waals surface area contributed by atoms with Crippen LogP contribution >= 0.6 is 11.8 Å². The number of aliphatic carboxylic acids is 1. The summed E-state index contributed by atoms with van der Waals surface area (Å²) in [6, 6.07) is 14.9. The summed E-state index contributed by atoms with van der Waals surface area (Å²) in [5.74, 6) is -1.40. The molecule has 0 saturated carbocycles. The molecule has 0 radical (unpaired) electrons. The molecule has 5 rings (SSSR count). The van der Waals surface area contributed by atoms with Gasteiger partial charge >= 0.3 is 5.97 Å². The molecule has 3 unspecified atom stereocenters. The Hall–Kier alpha value is -3.26. The van der Waals surface area contributed by atoms with Crippen molar-refractivity contribution in [3.05, 3.63) is 60.2 Å². The van der Waals surface area contributed by atoms with Crippen LogP contribution in [0.5, 0.6) is 0 Å². The first-order chi connectivity index (χ1) is 14.8. The van der Waals surface area contributed by atoms with E-state index in [0.29, 0.717) is 22.3 Å². The number of amides is 2. The summed E-state index contributed by atoms with van der Waals surface area (Å²) in [4.78, 5) is 39.2. The summed E-state index contributed by atoms with van der Waals surface area (Å²) < 4.78 is 5.35. The highest BCUT2D eigenvalue weighted by Gasteiger charge is 2.64. The Kier molecular flexibility index (Phi) is 4.37. The van der Waals surface area contributed by atoms with Crippen molar-refractivity contribution in [2.75, 3.05) is 0 Å². The molecular formula is C23H20N2O5S. The van der Waals surface area contributed by atoms with Crippen molar-refractivity contribution >= 4 is 40.5 Å². The van der Waals surface area contributed by atoms with Gasteiger partial charge < -0.3 is 19.7 Å². The van der Waals surface area contributed by atoms with Crippen molar-refractivity contribution in [2.24, 2.45) is 0 Å². The molecule has 3 atom stereocenters. The lowest BCUT2D eigenvalue weighted by Crippen LogP contribution is -2.70. The highest BCUT2D eigenvalue weighted by atomic mass is 32.2. The van der Waals surface area contributed by atoms with Gasteiger partial charge in [0.05, 0.1) is 5.56 Å². The van der Waals surface area contributed by atoms with E-state index in [4.69, 9.17) is 4.42 Å². The molecule has 2 aliphatic heterocycles. The molecule has 2 saturated heterocycles. The number of para-hydroxylation sites is 1. The summed E-state index contributed by atoms with van der Waals surface area (Å²) >= 11 is 1.40. The van der Waals surface area contributed by atoms with E-state index < -0.39 is 34.1 Å². The van der Waals surface area contributed by atoms with Crippen LogP contribution in [0.4, 0.5) is 0 Å². The fourth-order valence-electron chi connectivity index (χ4n) is 4.42. The molecule has 2 fully saturated rings. The molecule has 8 heteroatoms. The van der Waals surface area contributed by atoms with Crippen molar-refractivity contribution in [1.82, 2.24) is 10.2 Å². The number of fused-ring (bicyclic) bond motifs is 2. The Balaban J connectivity index is 1.49. The van der Waals surface area contributed by atoms with Crippen LogP contribution in [-0.2, 0) is 9.59 Å². The Morgan fingerprint density at radius 2 is 1.77 bits per heavy atom. The zero-order valence-electron chi connectivity index (χ0n) is 16.9. The van der Waals surface area contributed by atoms with Crippen molar-refractivity contribution in [3.8, 4) is 11.3 Å². The molecule has 158 valence electrons. The van der Waals surface area contributed by atoms with Crippen molar-refractivity contribution in [3.63, 3.8) is 0 Å². The Bertz CT molecular complexity index is 1220. The minimum absolute atomic E-state index is 0.366. The number of carboxylic acid groups (broad SMARTS) is 1. The van der Waals surface area contributed by atoms with E-state index in [1.165, 1.54) is 16.7 Å². The molecule has 0 aliphatic carbocycles. The van der Waals surface area contributed by atoms with E-state index in [2.05, 4.69) is 5.32 Å². The second kappa shape index (κ2) is 6.88. The number of hydrogen-bond donors (Lipinski definition) is 2. The lowest BCUT2D eigenvalue weighted by atomic mass is 9.95. The number of furan rings is 1. The van der Waals surface area contributed by atoms with Gasteiger partial charge in [0.25, 0.3) is 5.91 Å². The fraction of sp³-hybridized carbons (Fsp3) is 0.261. The lowest BCUT2D eigenvalue weighted by molar-refractivity contribution is -0.159. The smallest absolute Gasteiger partial charge is 0.327 e. The van der Waals surface area contributed by atoms with E-state index in [1.54, 1.807) is 19.9 Å². The van der Waals surface area contributed by atoms with Crippen LogP contribution in [0.25, 0.3) is 22.3 Å². The summed E-state index contributed by atoms with van der Waals surface area (Å²) in [5, 5.41) is 12.7.